The summed E-state index contributed by atoms with van der Waals surface area (Å²) in [6, 6.07) is 12.2. The average Bonchev–Trinajstić information content (AvgIpc) is 1.62. The highest BCUT2D eigenvalue weighted by atomic mass is 32.2. The average molecular weight is 1270 g/mol. The molecule has 3 saturated heterocycles. The molecule has 1 unspecified atom stereocenters. The van der Waals surface area contributed by atoms with Crippen molar-refractivity contribution in [3.8, 4) is 0 Å². The number of fused-ring (bicyclic) bond motifs is 4. The largest absolute Gasteiger partial charge is 0.444 e. The topological polar surface area (TPSA) is 231 Å². The van der Waals surface area contributed by atoms with Crippen molar-refractivity contribution in [3.05, 3.63) is 70.8 Å². The van der Waals surface area contributed by atoms with Gasteiger partial charge in [0.05, 0.1) is 41.6 Å². The van der Waals surface area contributed by atoms with Gasteiger partial charge in [0, 0.05) is 51.3 Å². The van der Waals surface area contributed by atoms with Crippen molar-refractivity contribution in [1.29, 1.82) is 0 Å². The van der Waals surface area contributed by atoms with E-state index in [2.05, 4.69) is 53.3 Å². The van der Waals surface area contributed by atoms with Crippen LogP contribution >= 0.6 is 23.5 Å². The Labute approximate surface area is 536 Å². The lowest BCUT2D eigenvalue weighted by molar-refractivity contribution is -0.144. The van der Waals surface area contributed by atoms with E-state index in [0.29, 0.717) is 63.2 Å². The molecule has 4 N–H and O–H groups in total. The van der Waals surface area contributed by atoms with Gasteiger partial charge in [0.15, 0.2) is 5.78 Å². The van der Waals surface area contributed by atoms with Crippen LogP contribution in [0.1, 0.15) is 188 Å². The molecule has 8 rings (SSSR count). The van der Waals surface area contributed by atoms with Crippen LogP contribution in [-0.4, -0.2) is 166 Å². The van der Waals surface area contributed by atoms with Crippen molar-refractivity contribution in [2.75, 3.05) is 45.4 Å². The minimum Gasteiger partial charge on any atom is -0.444 e. The Morgan fingerprint density at radius 1 is 0.640 bits per heavy atom. The van der Waals surface area contributed by atoms with Crippen molar-refractivity contribution < 1.29 is 57.3 Å². The van der Waals surface area contributed by atoms with E-state index in [0.717, 1.165) is 73.6 Å². The molecule has 89 heavy (non-hydrogen) atoms. The SMILES string of the molecule is C[C@@H](C(=O)N[C@H]1CCS[C@H]2CC(C)(C)[C@@H](C(=O)N[C@H]3c4ccccc4C[C@H]3OCCCCCCCCCCO[C@@H]3Cc4ccccc4[C@@H]3NC(=O)[C@H]3C4C(=O)[C@@H](NC(=O)CN(C)C(=O)OC(C)(C)C)CCS[C@H]4CC3(C)C)N2C1=O)N(C)C(=O)OC(C)(C)C. The molecule has 2 aromatic carbocycles. The number of thioether (sulfide) groups is 2. The van der Waals surface area contributed by atoms with Crippen LogP contribution in [0.4, 0.5) is 9.59 Å². The lowest BCUT2D eigenvalue weighted by atomic mass is 9.75. The maximum atomic E-state index is 14.7. The predicted octanol–water partition coefficient (Wildman–Crippen LogP) is 9.62. The van der Waals surface area contributed by atoms with Gasteiger partial charge < -0.3 is 50.0 Å². The van der Waals surface area contributed by atoms with Gasteiger partial charge in [0.1, 0.15) is 35.9 Å². The van der Waals surface area contributed by atoms with E-state index < -0.39 is 88.1 Å². The standard InChI is InChI=1S/C68H101N7O12S2/c1-41(74(13)64(83)87-66(5,6)7)59(78)70-47-31-35-89-52-39-68(10,11)58(75(52)62(47)81)61(80)72-56-45-29-23-21-27-43(45)37-49(56)85-33-25-19-17-15-14-16-18-24-32-84-48-36-42-26-20-22-28-44(42)55(48)71-60(79)54-53-50(38-67(54,8)9)88-34-30-46(57(53)77)69-51(76)40-73(12)63(82)86-65(2,3)4/h20-23,26-29,41,46-50,52-56,58H,14-19,24-25,30-40H2,1-13H3,(H,69,76)(H,70,78)(H,71,79)(H,72,80)/t41-,46-,47-,48+,49+,50-,52-,53?,54+,55-,56-,58+/m0/s1. The molecule has 492 valence electrons. The van der Waals surface area contributed by atoms with Crippen molar-refractivity contribution in [2.45, 2.75) is 236 Å². The number of likely N-dealkylation sites (N-methyl/N-ethyl adjacent to an activating group) is 2. The first-order valence-electron chi connectivity index (χ1n) is 32.5. The summed E-state index contributed by atoms with van der Waals surface area (Å²) in [5.74, 6) is -1.67. The summed E-state index contributed by atoms with van der Waals surface area (Å²) in [4.78, 5) is 115. The summed E-state index contributed by atoms with van der Waals surface area (Å²) < 4.78 is 24.1. The Morgan fingerprint density at radius 3 is 1.71 bits per heavy atom. The van der Waals surface area contributed by atoms with Crippen LogP contribution in [0.15, 0.2) is 48.5 Å². The number of ketones is 1. The first-order chi connectivity index (χ1) is 41.9. The number of hydrogen-bond donors (Lipinski definition) is 4. The lowest BCUT2D eigenvalue weighted by Crippen LogP contribution is -2.58. The number of nitrogens with zero attached hydrogens (tertiary/aromatic N) is 3. The second-order valence-electron chi connectivity index (χ2n) is 29.0. The number of ether oxygens (including phenoxy) is 4. The summed E-state index contributed by atoms with van der Waals surface area (Å²) >= 11 is 3.34. The van der Waals surface area contributed by atoms with E-state index in [1.807, 2.05) is 44.2 Å². The molecule has 0 spiro atoms. The van der Waals surface area contributed by atoms with Crippen LogP contribution in [0.2, 0.25) is 0 Å². The van der Waals surface area contributed by atoms with E-state index >= 15 is 0 Å². The van der Waals surface area contributed by atoms with Crippen LogP contribution in [-0.2, 0) is 60.6 Å². The maximum absolute atomic E-state index is 14.7. The van der Waals surface area contributed by atoms with Gasteiger partial charge >= 0.3 is 12.2 Å². The smallest absolute Gasteiger partial charge is 0.410 e. The van der Waals surface area contributed by atoms with Gasteiger partial charge in [0.2, 0.25) is 29.5 Å². The number of hydrogen-bond acceptors (Lipinski definition) is 14. The summed E-state index contributed by atoms with van der Waals surface area (Å²) in [5, 5.41) is 12.3. The molecule has 6 aliphatic rings. The van der Waals surface area contributed by atoms with E-state index in [1.165, 1.54) is 23.9 Å². The molecule has 19 nitrogen and oxygen atoms in total. The molecule has 3 heterocycles. The minimum absolute atomic E-state index is 0.0609. The van der Waals surface area contributed by atoms with Crippen LogP contribution in [0.25, 0.3) is 0 Å². The third kappa shape index (κ3) is 17.4. The predicted molar refractivity (Wildman–Crippen MR) is 346 cm³/mol. The molecule has 12 atom stereocenters. The fraction of sp³-hybridized carbons (Fsp3) is 0.706. The summed E-state index contributed by atoms with van der Waals surface area (Å²) in [6.07, 6.45) is 9.95. The highest BCUT2D eigenvalue weighted by Gasteiger charge is 2.58. The van der Waals surface area contributed by atoms with Gasteiger partial charge in [-0.1, -0.05) is 115 Å². The van der Waals surface area contributed by atoms with Gasteiger partial charge in [-0.3, -0.25) is 33.7 Å². The van der Waals surface area contributed by atoms with Gasteiger partial charge in [-0.2, -0.15) is 11.8 Å². The summed E-state index contributed by atoms with van der Waals surface area (Å²) in [6.45, 7) is 21.2. The highest BCUT2D eigenvalue weighted by Crippen LogP contribution is 2.54. The summed E-state index contributed by atoms with van der Waals surface area (Å²) in [7, 11) is 2.99. The lowest BCUT2D eigenvalue weighted by Gasteiger charge is -2.35. The molecule has 3 aliphatic carbocycles. The van der Waals surface area contributed by atoms with E-state index in [4.69, 9.17) is 18.9 Å². The van der Waals surface area contributed by atoms with Crippen LogP contribution < -0.4 is 21.3 Å². The third-order valence-electron chi connectivity index (χ3n) is 18.6. The second-order valence-corrected chi connectivity index (χ2v) is 31.6. The van der Waals surface area contributed by atoms with Gasteiger partial charge in [-0.05, 0) is 132 Å². The summed E-state index contributed by atoms with van der Waals surface area (Å²) in [5.41, 5.74) is 1.85. The molecule has 21 heteroatoms. The number of benzene rings is 2. The fourth-order valence-electron chi connectivity index (χ4n) is 14.0. The zero-order chi connectivity index (χ0) is 64.8. The van der Waals surface area contributed by atoms with Crippen molar-refractivity contribution >= 4 is 71.0 Å². The Bertz CT molecular complexity index is 2870. The Balaban J connectivity index is 0.765. The van der Waals surface area contributed by atoms with Crippen molar-refractivity contribution in [1.82, 2.24) is 36.0 Å². The number of nitrogens with one attached hydrogen (secondary N) is 4. The monoisotopic (exact) mass is 1270 g/mol. The fourth-order valence-corrected chi connectivity index (χ4v) is 17.3. The Hall–Kier alpha value is -5.38. The van der Waals surface area contributed by atoms with Gasteiger partial charge in [-0.25, -0.2) is 9.59 Å². The normalized spacial score (nSPS) is 27.2. The number of Topliss-reactive ketones (excluding diaryl/α,β-unsaturated/α-hetero) is 1. The van der Waals surface area contributed by atoms with Crippen molar-refractivity contribution in [3.63, 3.8) is 0 Å². The minimum atomic E-state index is -0.898. The molecule has 3 aliphatic heterocycles. The number of rotatable bonds is 23. The molecule has 7 amide bonds. The molecule has 2 aromatic rings. The first-order valence-corrected chi connectivity index (χ1v) is 34.6. The van der Waals surface area contributed by atoms with E-state index in [9.17, 15) is 38.4 Å². The zero-order valence-electron chi connectivity index (χ0n) is 55.0. The van der Waals surface area contributed by atoms with E-state index in [-0.39, 0.29) is 58.9 Å². The molecule has 1 saturated carbocycles. The molecule has 0 bridgehead atoms. The maximum Gasteiger partial charge on any atom is 0.410 e. The molecular formula is C68H101N7O12S2. The third-order valence-corrected chi connectivity index (χ3v) is 21.2. The van der Waals surface area contributed by atoms with E-state index in [1.54, 1.807) is 76.9 Å². The van der Waals surface area contributed by atoms with Gasteiger partial charge in [0.25, 0.3) is 0 Å². The van der Waals surface area contributed by atoms with Crippen LogP contribution in [0.5, 0.6) is 0 Å². The Kier molecular flexibility index (Phi) is 23.0. The number of carbonyl (C=O) groups is 8. The molecule has 0 aromatic heterocycles. The van der Waals surface area contributed by atoms with Gasteiger partial charge in [-0.15, -0.1) is 11.8 Å². The van der Waals surface area contributed by atoms with Crippen LogP contribution in [0.3, 0.4) is 0 Å². The molecule has 4 fully saturated rings. The Morgan fingerprint density at radius 2 is 1.15 bits per heavy atom. The van der Waals surface area contributed by atoms with Crippen molar-refractivity contribution in [2.24, 2.45) is 22.7 Å². The second kappa shape index (κ2) is 29.5. The first kappa shape index (κ1) is 69.5. The highest BCUT2D eigenvalue weighted by molar-refractivity contribution is 8.00. The molecule has 0 radical (unpaired) electrons. The quantitative estimate of drug-likeness (QED) is 0.0760. The zero-order valence-corrected chi connectivity index (χ0v) is 56.7. The van der Waals surface area contributed by atoms with Crippen LogP contribution in [0, 0.1) is 22.7 Å². The number of carbonyl (C=O) groups excluding carboxylic acids is 8. The number of amides is 7. The number of unbranched alkanes of at least 4 members (excludes halogenated alkanes) is 7. The molecular weight excluding hydrogens is 1170 g/mol.